The average Bonchev–Trinajstić information content (AvgIpc) is 3.03. The fourth-order valence-corrected chi connectivity index (χ4v) is 7.89. The lowest BCUT2D eigenvalue weighted by atomic mass is 9.46. The van der Waals surface area contributed by atoms with Crippen molar-refractivity contribution in [2.24, 2.45) is 40.4 Å². The van der Waals surface area contributed by atoms with Crippen LogP contribution in [0.2, 0.25) is 0 Å². The van der Waals surface area contributed by atoms with Gasteiger partial charge in [0.15, 0.2) is 11.5 Å². The zero-order chi connectivity index (χ0) is 21.1. The quantitative estimate of drug-likeness (QED) is 0.711. The van der Waals surface area contributed by atoms with Crippen LogP contribution >= 0.6 is 0 Å². The fraction of sp³-hybridized carbons (Fsp3) is 0.792. The summed E-state index contributed by atoms with van der Waals surface area (Å²) in [4.78, 5) is 36.7. The highest BCUT2D eigenvalue weighted by Crippen LogP contribution is 2.66. The predicted molar refractivity (Wildman–Crippen MR) is 108 cm³/mol. The summed E-state index contributed by atoms with van der Waals surface area (Å²) in [6.45, 7) is 6.44. The SMILES string of the molecule is C[C@H](CCC(=O)O)[C@H]1CC[C@H]2[C@@H]3CCC4=C(O)C(=O)CC[C@]4(C)[C@H]3CC(=O)[C@]12C. The third kappa shape index (κ3) is 2.90. The number of allylic oxidation sites excluding steroid dienone is 1. The van der Waals surface area contributed by atoms with Gasteiger partial charge < -0.3 is 10.2 Å². The Morgan fingerprint density at radius 3 is 2.55 bits per heavy atom. The van der Waals surface area contributed by atoms with Crippen LogP contribution in [0.5, 0.6) is 0 Å². The van der Waals surface area contributed by atoms with E-state index in [1.165, 1.54) is 0 Å². The Bertz CT molecular complexity index is 782. The molecule has 7 atom stereocenters. The zero-order valence-corrected chi connectivity index (χ0v) is 17.9. The minimum atomic E-state index is -0.766. The minimum absolute atomic E-state index is 0.0235. The van der Waals surface area contributed by atoms with Crippen LogP contribution in [0.25, 0.3) is 0 Å². The number of aliphatic hydroxyl groups excluding tert-OH is 1. The van der Waals surface area contributed by atoms with Crippen molar-refractivity contribution in [3.8, 4) is 0 Å². The first-order valence-corrected chi connectivity index (χ1v) is 11.3. The van der Waals surface area contributed by atoms with Crippen molar-refractivity contribution < 1.29 is 24.6 Å². The van der Waals surface area contributed by atoms with Crippen molar-refractivity contribution in [2.75, 3.05) is 0 Å². The molecule has 0 bridgehead atoms. The third-order valence-corrected chi connectivity index (χ3v) is 9.53. The lowest BCUT2D eigenvalue weighted by molar-refractivity contribution is -0.149. The molecule has 0 heterocycles. The van der Waals surface area contributed by atoms with Crippen molar-refractivity contribution in [2.45, 2.75) is 78.6 Å². The van der Waals surface area contributed by atoms with Crippen LogP contribution in [-0.4, -0.2) is 27.7 Å². The van der Waals surface area contributed by atoms with Crippen LogP contribution < -0.4 is 0 Å². The van der Waals surface area contributed by atoms with E-state index in [9.17, 15) is 19.5 Å². The first-order chi connectivity index (χ1) is 13.6. The van der Waals surface area contributed by atoms with Gasteiger partial charge in [0, 0.05) is 24.7 Å². The summed E-state index contributed by atoms with van der Waals surface area (Å²) in [5, 5.41) is 19.5. The van der Waals surface area contributed by atoms with Crippen molar-refractivity contribution in [1.29, 1.82) is 0 Å². The van der Waals surface area contributed by atoms with E-state index in [1.54, 1.807) is 0 Å². The molecule has 0 spiro atoms. The molecule has 0 unspecified atom stereocenters. The Morgan fingerprint density at radius 1 is 1.14 bits per heavy atom. The van der Waals surface area contributed by atoms with Crippen molar-refractivity contribution >= 4 is 17.5 Å². The third-order valence-electron chi connectivity index (χ3n) is 9.53. The monoisotopic (exact) mass is 402 g/mol. The molecule has 5 nitrogen and oxygen atoms in total. The van der Waals surface area contributed by atoms with Crippen LogP contribution in [0.4, 0.5) is 0 Å². The van der Waals surface area contributed by atoms with Gasteiger partial charge in [0.25, 0.3) is 0 Å². The summed E-state index contributed by atoms with van der Waals surface area (Å²) in [5.74, 6) is 0.873. The van der Waals surface area contributed by atoms with E-state index in [2.05, 4.69) is 20.8 Å². The predicted octanol–water partition coefficient (Wildman–Crippen LogP) is 4.70. The number of ketones is 2. The number of aliphatic hydroxyl groups is 1. The van der Waals surface area contributed by atoms with Gasteiger partial charge in [-0.3, -0.25) is 14.4 Å². The molecule has 4 aliphatic rings. The van der Waals surface area contributed by atoms with Gasteiger partial charge in [-0.05, 0) is 79.1 Å². The largest absolute Gasteiger partial charge is 0.504 e. The molecule has 3 saturated carbocycles. The van der Waals surface area contributed by atoms with E-state index >= 15 is 0 Å². The summed E-state index contributed by atoms with van der Waals surface area (Å²) < 4.78 is 0. The number of Topliss-reactive ketones (excluding diaryl/α,β-unsaturated/α-hetero) is 2. The van der Waals surface area contributed by atoms with Crippen LogP contribution in [0.1, 0.15) is 78.6 Å². The lowest BCUT2D eigenvalue weighted by Gasteiger charge is -2.57. The van der Waals surface area contributed by atoms with E-state index < -0.39 is 5.97 Å². The van der Waals surface area contributed by atoms with Gasteiger partial charge in [0.2, 0.25) is 0 Å². The van der Waals surface area contributed by atoms with Gasteiger partial charge in [0.1, 0.15) is 5.78 Å². The van der Waals surface area contributed by atoms with Gasteiger partial charge in [-0.15, -0.1) is 0 Å². The molecule has 29 heavy (non-hydrogen) atoms. The molecular formula is C24H34O5. The Balaban J connectivity index is 1.63. The number of hydrogen-bond donors (Lipinski definition) is 2. The topological polar surface area (TPSA) is 91.7 Å². The molecule has 0 aromatic carbocycles. The van der Waals surface area contributed by atoms with Gasteiger partial charge in [-0.25, -0.2) is 0 Å². The Hall–Kier alpha value is -1.65. The number of fused-ring (bicyclic) bond motifs is 5. The Morgan fingerprint density at radius 2 is 1.86 bits per heavy atom. The molecule has 0 aromatic heterocycles. The van der Waals surface area contributed by atoms with Crippen molar-refractivity contribution in [1.82, 2.24) is 0 Å². The summed E-state index contributed by atoms with van der Waals surface area (Å²) in [7, 11) is 0. The van der Waals surface area contributed by atoms with Gasteiger partial charge in [0.05, 0.1) is 0 Å². The summed E-state index contributed by atoms with van der Waals surface area (Å²) >= 11 is 0. The van der Waals surface area contributed by atoms with Gasteiger partial charge in [-0.1, -0.05) is 20.8 Å². The van der Waals surface area contributed by atoms with E-state index in [1.807, 2.05) is 0 Å². The number of aliphatic carboxylic acids is 1. The second-order valence-corrected chi connectivity index (χ2v) is 10.6. The zero-order valence-electron chi connectivity index (χ0n) is 17.9. The molecule has 0 aromatic rings. The Labute approximate surface area is 172 Å². The molecular weight excluding hydrogens is 368 g/mol. The van der Waals surface area contributed by atoms with E-state index in [4.69, 9.17) is 5.11 Å². The van der Waals surface area contributed by atoms with Crippen LogP contribution in [0.3, 0.4) is 0 Å². The van der Waals surface area contributed by atoms with Crippen molar-refractivity contribution in [3.63, 3.8) is 0 Å². The fourth-order valence-electron chi connectivity index (χ4n) is 7.89. The minimum Gasteiger partial charge on any atom is -0.504 e. The maximum atomic E-state index is 13.6. The molecule has 4 aliphatic carbocycles. The molecule has 5 heteroatoms. The van der Waals surface area contributed by atoms with Crippen LogP contribution in [0, 0.1) is 40.4 Å². The van der Waals surface area contributed by atoms with Gasteiger partial charge in [-0.2, -0.15) is 0 Å². The number of rotatable bonds is 4. The van der Waals surface area contributed by atoms with E-state index in [-0.39, 0.29) is 46.5 Å². The van der Waals surface area contributed by atoms with E-state index in [0.717, 1.165) is 37.7 Å². The number of carbonyl (C=O) groups is 3. The first kappa shape index (κ1) is 20.6. The van der Waals surface area contributed by atoms with Crippen molar-refractivity contribution in [3.05, 3.63) is 11.3 Å². The van der Waals surface area contributed by atoms with Gasteiger partial charge >= 0.3 is 5.97 Å². The molecule has 160 valence electrons. The highest BCUT2D eigenvalue weighted by atomic mass is 16.4. The number of carboxylic acids is 1. The molecule has 4 rings (SSSR count). The van der Waals surface area contributed by atoms with E-state index in [0.29, 0.717) is 36.9 Å². The summed E-state index contributed by atoms with van der Waals surface area (Å²) in [6.07, 6.45) is 6.17. The maximum Gasteiger partial charge on any atom is 0.303 e. The standard InChI is InChI=1S/C24H34O5/c1-13(4-9-21(27)28)15-7-8-16-14-5-6-17-22(29)19(25)10-11-23(17,2)18(14)12-20(26)24(15,16)3/h13-16,18,29H,4-12H2,1-3H3,(H,27,28)/t13-,14+,15-,16+,18+,23+,24-/m1/s1. The Kier molecular flexibility index (Phi) is 4.94. The highest BCUT2D eigenvalue weighted by molar-refractivity contribution is 5.95. The molecule has 2 N–H and O–H groups in total. The van der Waals surface area contributed by atoms with Crippen LogP contribution in [-0.2, 0) is 14.4 Å². The maximum absolute atomic E-state index is 13.6. The first-order valence-electron chi connectivity index (χ1n) is 11.3. The summed E-state index contributed by atoms with van der Waals surface area (Å²) in [6, 6.07) is 0. The molecule has 0 radical (unpaired) electrons. The average molecular weight is 403 g/mol. The molecule has 3 fully saturated rings. The normalized spacial score (nSPS) is 42.9. The molecule has 0 aliphatic heterocycles. The highest BCUT2D eigenvalue weighted by Gasteiger charge is 2.63. The number of carboxylic acid groups (broad SMARTS) is 1. The smallest absolute Gasteiger partial charge is 0.303 e. The second-order valence-electron chi connectivity index (χ2n) is 10.6. The second kappa shape index (κ2) is 6.95. The lowest BCUT2D eigenvalue weighted by Crippen LogP contribution is -2.55. The number of hydrogen-bond acceptors (Lipinski definition) is 4. The summed E-state index contributed by atoms with van der Waals surface area (Å²) in [5.41, 5.74) is 0.296. The molecule has 0 amide bonds. The number of carbonyl (C=O) groups excluding carboxylic acids is 2. The molecule has 0 saturated heterocycles. The van der Waals surface area contributed by atoms with Crippen LogP contribution in [0.15, 0.2) is 11.3 Å².